The first-order valence-electron chi connectivity index (χ1n) is 7.27. The van der Waals surface area contributed by atoms with Crippen molar-refractivity contribution in [1.82, 2.24) is 0 Å². The highest BCUT2D eigenvalue weighted by Crippen LogP contribution is 2.26. The van der Waals surface area contributed by atoms with Crippen LogP contribution in [0.3, 0.4) is 0 Å². The number of carbonyl (C=O) groups is 2. The molecule has 1 N–H and O–H groups in total. The lowest BCUT2D eigenvalue weighted by Crippen LogP contribution is -2.19. The molecule has 1 aliphatic heterocycles. The Morgan fingerprint density at radius 3 is 2.68 bits per heavy atom. The lowest BCUT2D eigenvalue weighted by atomic mass is 10.0. The molecular weight excluding hydrogens is 278 g/mol. The highest BCUT2D eigenvalue weighted by Gasteiger charge is 2.15. The Labute approximate surface area is 129 Å². The molecular formula is C18H17NO3. The number of hydrogen-bond donors (Lipinski definition) is 1. The number of anilines is 1. The first-order chi connectivity index (χ1) is 10.6. The van der Waals surface area contributed by atoms with Crippen molar-refractivity contribution < 1.29 is 14.3 Å². The van der Waals surface area contributed by atoms with Gasteiger partial charge < -0.3 is 10.1 Å². The Kier molecular flexibility index (Phi) is 3.92. The van der Waals surface area contributed by atoms with Crippen LogP contribution in [-0.2, 0) is 11.2 Å². The molecule has 0 spiro atoms. The summed E-state index contributed by atoms with van der Waals surface area (Å²) in [6, 6.07) is 12.9. The SMILES string of the molecule is Cc1ccc(C(=O)COc2ccc3c(c2)CCC(=O)N3)cc1. The first-order valence-corrected chi connectivity index (χ1v) is 7.27. The zero-order valence-corrected chi connectivity index (χ0v) is 12.4. The third-order valence-electron chi connectivity index (χ3n) is 3.72. The number of aryl methyl sites for hydroxylation is 2. The van der Waals surface area contributed by atoms with E-state index >= 15 is 0 Å². The number of nitrogens with one attached hydrogen (secondary N) is 1. The Hall–Kier alpha value is -2.62. The Morgan fingerprint density at radius 1 is 1.14 bits per heavy atom. The zero-order valence-electron chi connectivity index (χ0n) is 12.4. The number of rotatable bonds is 4. The van der Waals surface area contributed by atoms with E-state index in [4.69, 9.17) is 4.74 Å². The van der Waals surface area contributed by atoms with Crippen LogP contribution in [0.15, 0.2) is 42.5 Å². The Bertz CT molecular complexity index is 720. The summed E-state index contributed by atoms with van der Waals surface area (Å²) in [4.78, 5) is 23.4. The monoisotopic (exact) mass is 295 g/mol. The summed E-state index contributed by atoms with van der Waals surface area (Å²) in [5, 5.41) is 2.82. The van der Waals surface area contributed by atoms with Crippen LogP contribution in [0.2, 0.25) is 0 Å². The van der Waals surface area contributed by atoms with Crippen LogP contribution in [0.4, 0.5) is 5.69 Å². The van der Waals surface area contributed by atoms with Gasteiger partial charge in [-0.25, -0.2) is 0 Å². The Balaban J connectivity index is 1.65. The second kappa shape index (κ2) is 6.02. The van der Waals surface area contributed by atoms with E-state index < -0.39 is 0 Å². The maximum Gasteiger partial charge on any atom is 0.224 e. The van der Waals surface area contributed by atoms with Crippen LogP contribution in [0.5, 0.6) is 5.75 Å². The summed E-state index contributed by atoms with van der Waals surface area (Å²) < 4.78 is 5.58. The van der Waals surface area contributed by atoms with Crippen molar-refractivity contribution in [3.8, 4) is 5.75 Å². The lowest BCUT2D eigenvalue weighted by molar-refractivity contribution is -0.116. The van der Waals surface area contributed by atoms with Gasteiger partial charge in [0, 0.05) is 17.7 Å². The number of benzene rings is 2. The van der Waals surface area contributed by atoms with Gasteiger partial charge in [0.1, 0.15) is 5.75 Å². The molecule has 22 heavy (non-hydrogen) atoms. The maximum atomic E-state index is 12.1. The average Bonchev–Trinajstić information content (AvgIpc) is 2.53. The molecule has 0 atom stereocenters. The van der Waals surface area contributed by atoms with Crippen molar-refractivity contribution in [2.24, 2.45) is 0 Å². The fourth-order valence-electron chi connectivity index (χ4n) is 2.42. The zero-order chi connectivity index (χ0) is 15.5. The highest BCUT2D eigenvalue weighted by molar-refractivity contribution is 5.97. The number of ketones is 1. The predicted molar refractivity (Wildman–Crippen MR) is 84.4 cm³/mol. The van der Waals surface area contributed by atoms with Crippen LogP contribution in [0.25, 0.3) is 0 Å². The molecule has 0 aromatic heterocycles. The van der Waals surface area contributed by atoms with E-state index in [1.807, 2.05) is 43.3 Å². The van der Waals surface area contributed by atoms with Gasteiger partial charge in [0.25, 0.3) is 0 Å². The van der Waals surface area contributed by atoms with E-state index in [1.54, 1.807) is 6.07 Å². The molecule has 0 bridgehead atoms. The van der Waals surface area contributed by atoms with E-state index in [1.165, 1.54) is 0 Å². The fourth-order valence-corrected chi connectivity index (χ4v) is 2.42. The third-order valence-corrected chi connectivity index (χ3v) is 3.72. The first kappa shape index (κ1) is 14.3. The summed E-state index contributed by atoms with van der Waals surface area (Å²) >= 11 is 0. The fraction of sp³-hybridized carbons (Fsp3) is 0.222. The van der Waals surface area contributed by atoms with E-state index in [0.29, 0.717) is 24.2 Å². The predicted octanol–water partition coefficient (Wildman–Crippen LogP) is 3.14. The van der Waals surface area contributed by atoms with Gasteiger partial charge in [-0.3, -0.25) is 9.59 Å². The van der Waals surface area contributed by atoms with Crippen molar-refractivity contribution in [3.63, 3.8) is 0 Å². The molecule has 0 unspecified atom stereocenters. The number of Topliss-reactive ketones (excluding diaryl/α,β-unsaturated/α-hetero) is 1. The highest BCUT2D eigenvalue weighted by atomic mass is 16.5. The molecule has 0 saturated carbocycles. The van der Waals surface area contributed by atoms with Gasteiger partial charge in [-0.05, 0) is 37.1 Å². The summed E-state index contributed by atoms with van der Waals surface area (Å²) in [6.07, 6.45) is 1.18. The van der Waals surface area contributed by atoms with Crippen molar-refractivity contribution in [2.45, 2.75) is 19.8 Å². The Morgan fingerprint density at radius 2 is 1.91 bits per heavy atom. The molecule has 0 aliphatic carbocycles. The van der Waals surface area contributed by atoms with Crippen molar-refractivity contribution in [1.29, 1.82) is 0 Å². The van der Waals surface area contributed by atoms with Crippen LogP contribution in [0.1, 0.15) is 27.9 Å². The van der Waals surface area contributed by atoms with Gasteiger partial charge in [-0.2, -0.15) is 0 Å². The number of amides is 1. The van der Waals surface area contributed by atoms with Gasteiger partial charge in [0.15, 0.2) is 12.4 Å². The molecule has 3 rings (SSSR count). The topological polar surface area (TPSA) is 55.4 Å². The normalized spacial score (nSPS) is 13.2. The maximum absolute atomic E-state index is 12.1. The smallest absolute Gasteiger partial charge is 0.224 e. The second-order valence-corrected chi connectivity index (χ2v) is 5.45. The van der Waals surface area contributed by atoms with Gasteiger partial charge in [0.05, 0.1) is 0 Å². The van der Waals surface area contributed by atoms with Gasteiger partial charge in [0.2, 0.25) is 5.91 Å². The standard InChI is InChI=1S/C18H17NO3/c1-12-2-4-13(5-3-12)17(20)11-22-15-7-8-16-14(10-15)6-9-18(21)19-16/h2-5,7-8,10H,6,9,11H2,1H3,(H,19,21). The molecule has 2 aromatic rings. The molecule has 1 amide bonds. The van der Waals surface area contributed by atoms with Crippen LogP contribution < -0.4 is 10.1 Å². The third kappa shape index (κ3) is 3.17. The van der Waals surface area contributed by atoms with Crippen LogP contribution in [-0.4, -0.2) is 18.3 Å². The molecule has 4 heteroatoms. The van der Waals surface area contributed by atoms with E-state index in [2.05, 4.69) is 5.32 Å². The molecule has 2 aromatic carbocycles. The second-order valence-electron chi connectivity index (χ2n) is 5.45. The van der Waals surface area contributed by atoms with Crippen molar-refractivity contribution in [3.05, 3.63) is 59.2 Å². The molecule has 1 heterocycles. The molecule has 4 nitrogen and oxygen atoms in total. The number of fused-ring (bicyclic) bond motifs is 1. The summed E-state index contributed by atoms with van der Waals surface area (Å²) in [6.45, 7) is 1.99. The number of carbonyl (C=O) groups excluding carboxylic acids is 2. The van der Waals surface area contributed by atoms with Crippen molar-refractivity contribution >= 4 is 17.4 Å². The van der Waals surface area contributed by atoms with Crippen LogP contribution >= 0.6 is 0 Å². The number of hydrogen-bond acceptors (Lipinski definition) is 3. The molecule has 0 saturated heterocycles. The van der Waals surface area contributed by atoms with Gasteiger partial charge in [-0.1, -0.05) is 29.8 Å². The quantitative estimate of drug-likeness (QED) is 0.882. The average molecular weight is 295 g/mol. The van der Waals surface area contributed by atoms with E-state index in [-0.39, 0.29) is 18.3 Å². The summed E-state index contributed by atoms with van der Waals surface area (Å²) in [5.41, 5.74) is 3.64. The minimum Gasteiger partial charge on any atom is -0.485 e. The van der Waals surface area contributed by atoms with Gasteiger partial charge >= 0.3 is 0 Å². The largest absolute Gasteiger partial charge is 0.485 e. The van der Waals surface area contributed by atoms with Gasteiger partial charge in [-0.15, -0.1) is 0 Å². The van der Waals surface area contributed by atoms with Crippen LogP contribution in [0, 0.1) is 6.92 Å². The van der Waals surface area contributed by atoms with E-state index in [9.17, 15) is 9.59 Å². The van der Waals surface area contributed by atoms with Crippen molar-refractivity contribution in [2.75, 3.05) is 11.9 Å². The molecule has 112 valence electrons. The lowest BCUT2D eigenvalue weighted by Gasteiger charge is -2.17. The van der Waals surface area contributed by atoms with E-state index in [0.717, 1.165) is 16.8 Å². The minimum atomic E-state index is -0.0500. The minimum absolute atomic E-state index is 0.00814. The molecule has 0 radical (unpaired) electrons. The molecule has 0 fully saturated rings. The molecule has 1 aliphatic rings. The number of ether oxygens (including phenoxy) is 1. The summed E-state index contributed by atoms with van der Waals surface area (Å²) in [5.74, 6) is 0.636. The summed E-state index contributed by atoms with van der Waals surface area (Å²) in [7, 11) is 0.